The van der Waals surface area contributed by atoms with Crippen molar-refractivity contribution in [2.75, 3.05) is 32.7 Å². The minimum absolute atomic E-state index is 0.349. The quantitative estimate of drug-likeness (QED) is 0.751. The Hall–Kier alpha value is -0.0800. The maximum absolute atomic E-state index is 2.74. The summed E-state index contributed by atoms with van der Waals surface area (Å²) in [6, 6.07) is 0. The predicted octanol–water partition coefficient (Wildman–Crippen LogP) is 4.26. The lowest BCUT2D eigenvalue weighted by Crippen LogP contribution is -2.46. The zero-order chi connectivity index (χ0) is 15.9. The summed E-state index contributed by atoms with van der Waals surface area (Å²) in [6.45, 7) is 23.3. The largest absolute Gasteiger partial charge is 0.303 e. The Morgan fingerprint density at radius 1 is 0.952 bits per heavy atom. The van der Waals surface area contributed by atoms with Gasteiger partial charge >= 0.3 is 0 Å². The van der Waals surface area contributed by atoms with Crippen molar-refractivity contribution >= 4 is 0 Å². The van der Waals surface area contributed by atoms with Crippen LogP contribution in [-0.4, -0.2) is 48.1 Å². The van der Waals surface area contributed by atoms with Gasteiger partial charge in [-0.05, 0) is 76.4 Å². The molecule has 0 unspecified atom stereocenters. The molecule has 0 radical (unpaired) electrons. The Morgan fingerprint density at radius 2 is 1.52 bits per heavy atom. The normalized spacial score (nSPS) is 29.0. The number of piperidine rings is 1. The van der Waals surface area contributed by atoms with Gasteiger partial charge in [-0.25, -0.2) is 0 Å². The van der Waals surface area contributed by atoms with Crippen LogP contribution < -0.4 is 0 Å². The standard InChI is InChI=1S/C19H38N2/c1-17(2,3)19(7)9-12-20(13-10-19)14-16-8-11-21(15-16)18(4,5)6/h16H,8-15H2,1-7H3/t16-/m0/s1. The summed E-state index contributed by atoms with van der Waals surface area (Å²) < 4.78 is 0. The number of hydrogen-bond acceptors (Lipinski definition) is 2. The lowest BCUT2D eigenvalue weighted by molar-refractivity contribution is 0.0173. The van der Waals surface area contributed by atoms with Gasteiger partial charge in [0.2, 0.25) is 0 Å². The molecule has 0 amide bonds. The van der Waals surface area contributed by atoms with Crippen LogP contribution in [0.15, 0.2) is 0 Å². The SMILES string of the molecule is CC(C)(C)N1CC[C@@H](CN2CCC(C)(C(C)(C)C)CC2)C1. The zero-order valence-electron chi connectivity index (χ0n) is 15.6. The lowest BCUT2D eigenvalue weighted by atomic mass is 9.63. The van der Waals surface area contributed by atoms with E-state index in [9.17, 15) is 0 Å². The fraction of sp³-hybridized carbons (Fsp3) is 1.00. The third kappa shape index (κ3) is 4.01. The molecule has 0 aromatic heterocycles. The van der Waals surface area contributed by atoms with Crippen LogP contribution in [0.25, 0.3) is 0 Å². The van der Waals surface area contributed by atoms with Crippen molar-refractivity contribution in [2.24, 2.45) is 16.7 Å². The van der Waals surface area contributed by atoms with Gasteiger partial charge in [0.25, 0.3) is 0 Å². The third-order valence-corrected chi connectivity index (χ3v) is 6.52. The Balaban J connectivity index is 1.80. The summed E-state index contributed by atoms with van der Waals surface area (Å²) in [4.78, 5) is 5.41. The summed E-state index contributed by atoms with van der Waals surface area (Å²) in [5.74, 6) is 0.892. The number of likely N-dealkylation sites (tertiary alicyclic amines) is 2. The van der Waals surface area contributed by atoms with E-state index in [0.29, 0.717) is 16.4 Å². The van der Waals surface area contributed by atoms with Gasteiger partial charge in [0.15, 0.2) is 0 Å². The van der Waals surface area contributed by atoms with Crippen molar-refractivity contribution < 1.29 is 0 Å². The molecule has 0 aromatic rings. The second-order valence-electron chi connectivity index (χ2n) is 9.88. The van der Waals surface area contributed by atoms with Crippen molar-refractivity contribution in [3.63, 3.8) is 0 Å². The molecule has 0 bridgehead atoms. The summed E-state index contributed by atoms with van der Waals surface area (Å²) in [5.41, 5.74) is 1.31. The van der Waals surface area contributed by atoms with Crippen LogP contribution in [0.3, 0.4) is 0 Å². The molecule has 2 aliphatic heterocycles. The predicted molar refractivity (Wildman–Crippen MR) is 92.7 cm³/mol. The Labute approximate surface area is 133 Å². The fourth-order valence-electron chi connectivity index (χ4n) is 3.94. The minimum atomic E-state index is 0.349. The van der Waals surface area contributed by atoms with E-state index in [2.05, 4.69) is 58.3 Å². The van der Waals surface area contributed by atoms with E-state index in [0.717, 1.165) is 5.92 Å². The van der Waals surface area contributed by atoms with Crippen molar-refractivity contribution in [3.8, 4) is 0 Å². The van der Waals surface area contributed by atoms with Crippen LogP contribution in [0.4, 0.5) is 0 Å². The highest BCUT2D eigenvalue weighted by Gasteiger charge is 2.40. The molecule has 2 fully saturated rings. The Morgan fingerprint density at radius 3 is 1.95 bits per heavy atom. The van der Waals surface area contributed by atoms with Crippen molar-refractivity contribution in [1.29, 1.82) is 0 Å². The summed E-state index contributed by atoms with van der Waals surface area (Å²) in [5, 5.41) is 0. The Bertz CT molecular complexity index is 340. The number of hydrogen-bond donors (Lipinski definition) is 0. The van der Waals surface area contributed by atoms with Gasteiger partial charge in [-0.1, -0.05) is 27.7 Å². The van der Waals surface area contributed by atoms with Gasteiger partial charge in [-0.3, -0.25) is 4.90 Å². The molecule has 2 saturated heterocycles. The van der Waals surface area contributed by atoms with E-state index in [1.165, 1.54) is 52.0 Å². The van der Waals surface area contributed by atoms with E-state index in [1.807, 2.05) is 0 Å². The molecule has 0 spiro atoms. The van der Waals surface area contributed by atoms with E-state index < -0.39 is 0 Å². The molecule has 2 aliphatic rings. The van der Waals surface area contributed by atoms with Crippen LogP contribution in [-0.2, 0) is 0 Å². The topological polar surface area (TPSA) is 6.48 Å². The summed E-state index contributed by atoms with van der Waals surface area (Å²) in [7, 11) is 0. The van der Waals surface area contributed by atoms with Crippen LogP contribution >= 0.6 is 0 Å². The first kappa shape index (κ1) is 17.3. The molecule has 1 atom stereocenters. The smallest absolute Gasteiger partial charge is 0.0125 e. The highest BCUT2D eigenvalue weighted by molar-refractivity contribution is 4.92. The molecule has 0 aromatic carbocycles. The lowest BCUT2D eigenvalue weighted by Gasteiger charge is -2.48. The maximum atomic E-state index is 2.74. The molecule has 21 heavy (non-hydrogen) atoms. The first-order chi connectivity index (χ1) is 9.51. The van der Waals surface area contributed by atoms with Crippen LogP contribution in [0.1, 0.15) is 67.7 Å². The van der Waals surface area contributed by atoms with Gasteiger partial charge < -0.3 is 4.90 Å². The van der Waals surface area contributed by atoms with Gasteiger partial charge in [-0.2, -0.15) is 0 Å². The molecule has 0 N–H and O–H groups in total. The van der Waals surface area contributed by atoms with Gasteiger partial charge in [0.1, 0.15) is 0 Å². The summed E-state index contributed by atoms with van der Waals surface area (Å²) in [6.07, 6.45) is 4.13. The van der Waals surface area contributed by atoms with Gasteiger partial charge in [0, 0.05) is 18.6 Å². The average molecular weight is 295 g/mol. The minimum Gasteiger partial charge on any atom is -0.303 e. The highest BCUT2D eigenvalue weighted by Crippen LogP contribution is 2.46. The zero-order valence-corrected chi connectivity index (χ0v) is 15.6. The fourth-order valence-corrected chi connectivity index (χ4v) is 3.94. The molecule has 0 saturated carbocycles. The van der Waals surface area contributed by atoms with Crippen LogP contribution in [0.2, 0.25) is 0 Å². The maximum Gasteiger partial charge on any atom is 0.0125 e. The Kier molecular flexibility index (Phi) is 4.81. The van der Waals surface area contributed by atoms with Crippen LogP contribution in [0.5, 0.6) is 0 Å². The molecule has 2 rings (SSSR count). The van der Waals surface area contributed by atoms with Crippen molar-refractivity contribution in [3.05, 3.63) is 0 Å². The molecule has 2 nitrogen and oxygen atoms in total. The number of rotatable bonds is 2. The first-order valence-corrected chi connectivity index (χ1v) is 8.99. The molecular formula is C19H38N2. The molecule has 124 valence electrons. The second-order valence-corrected chi connectivity index (χ2v) is 9.88. The summed E-state index contributed by atoms with van der Waals surface area (Å²) >= 11 is 0. The van der Waals surface area contributed by atoms with Crippen molar-refractivity contribution in [2.45, 2.75) is 73.3 Å². The van der Waals surface area contributed by atoms with Crippen molar-refractivity contribution in [1.82, 2.24) is 9.80 Å². The first-order valence-electron chi connectivity index (χ1n) is 8.99. The molecule has 2 heteroatoms. The van der Waals surface area contributed by atoms with E-state index in [-0.39, 0.29) is 0 Å². The van der Waals surface area contributed by atoms with Gasteiger partial charge in [0.05, 0.1) is 0 Å². The highest BCUT2D eigenvalue weighted by atomic mass is 15.2. The average Bonchev–Trinajstić information content (AvgIpc) is 2.79. The van der Waals surface area contributed by atoms with E-state index in [1.54, 1.807) is 0 Å². The number of nitrogens with zero attached hydrogens (tertiary/aromatic N) is 2. The molecule has 0 aliphatic carbocycles. The molecular weight excluding hydrogens is 256 g/mol. The molecule has 2 heterocycles. The van der Waals surface area contributed by atoms with Crippen LogP contribution in [0, 0.1) is 16.7 Å². The van der Waals surface area contributed by atoms with E-state index >= 15 is 0 Å². The second kappa shape index (κ2) is 5.85. The van der Waals surface area contributed by atoms with E-state index in [4.69, 9.17) is 0 Å². The monoisotopic (exact) mass is 294 g/mol. The third-order valence-electron chi connectivity index (χ3n) is 6.52. The van der Waals surface area contributed by atoms with Gasteiger partial charge in [-0.15, -0.1) is 0 Å².